The van der Waals surface area contributed by atoms with Crippen molar-refractivity contribution >= 4 is 5.69 Å². The first-order valence-corrected chi connectivity index (χ1v) is 5.19. The lowest BCUT2D eigenvalue weighted by Gasteiger charge is -2.10. The van der Waals surface area contributed by atoms with Crippen molar-refractivity contribution in [3.63, 3.8) is 0 Å². The number of benzene rings is 2. The molecule has 2 aromatic rings. The van der Waals surface area contributed by atoms with E-state index in [9.17, 15) is 10.2 Å². The fourth-order valence-corrected chi connectivity index (χ4v) is 1.56. The number of aromatic hydroxyl groups is 3. The Hall–Kier alpha value is -2.36. The molecule has 0 radical (unpaired) electrons. The van der Waals surface area contributed by atoms with E-state index in [0.717, 1.165) is 5.56 Å². The molecule has 2 aromatic carbocycles. The van der Waals surface area contributed by atoms with E-state index in [1.165, 1.54) is 12.1 Å². The van der Waals surface area contributed by atoms with E-state index in [1.54, 1.807) is 0 Å². The summed E-state index contributed by atoms with van der Waals surface area (Å²) in [5.74, 6) is -0.540. The van der Waals surface area contributed by atoms with Gasteiger partial charge >= 0.3 is 0 Å². The van der Waals surface area contributed by atoms with Crippen LogP contribution < -0.4 is 5.32 Å². The van der Waals surface area contributed by atoms with Crippen LogP contribution >= 0.6 is 0 Å². The fourth-order valence-electron chi connectivity index (χ4n) is 1.56. The normalized spacial score (nSPS) is 10.1. The third kappa shape index (κ3) is 2.60. The molecule has 2 rings (SSSR count). The maximum atomic E-state index is 9.57. The van der Waals surface area contributed by atoms with Gasteiger partial charge in [0.05, 0.1) is 0 Å². The number of nitrogens with one attached hydrogen (secondary N) is 1. The summed E-state index contributed by atoms with van der Waals surface area (Å²) in [4.78, 5) is 0. The SMILES string of the molecule is Oc1cc(O)c(NCc2ccccc2)c(O)c1. The Morgan fingerprint density at radius 2 is 1.47 bits per heavy atom. The molecule has 4 N–H and O–H groups in total. The summed E-state index contributed by atoms with van der Waals surface area (Å²) in [5.41, 5.74) is 1.24. The molecule has 0 spiro atoms. The highest BCUT2D eigenvalue weighted by atomic mass is 16.3. The Morgan fingerprint density at radius 3 is 2.06 bits per heavy atom. The highest BCUT2D eigenvalue weighted by Crippen LogP contribution is 2.37. The standard InChI is InChI=1S/C13H13NO3/c15-10-6-11(16)13(12(17)7-10)14-8-9-4-2-1-3-5-9/h1-7,14-17H,8H2. The maximum Gasteiger partial charge on any atom is 0.146 e. The Labute approximate surface area is 98.8 Å². The number of hydrogen-bond acceptors (Lipinski definition) is 4. The van der Waals surface area contributed by atoms with Crippen LogP contribution in [0.1, 0.15) is 5.56 Å². The van der Waals surface area contributed by atoms with Crippen molar-refractivity contribution < 1.29 is 15.3 Å². The second kappa shape index (κ2) is 4.65. The van der Waals surface area contributed by atoms with E-state index >= 15 is 0 Å². The first-order chi connectivity index (χ1) is 8.16. The number of anilines is 1. The Kier molecular flexibility index (Phi) is 3.05. The topological polar surface area (TPSA) is 72.7 Å². The van der Waals surface area contributed by atoms with E-state index in [0.29, 0.717) is 6.54 Å². The molecule has 0 amide bonds. The molecular formula is C13H13NO3. The van der Waals surface area contributed by atoms with E-state index in [-0.39, 0.29) is 22.9 Å². The van der Waals surface area contributed by atoms with Gasteiger partial charge in [0.1, 0.15) is 22.9 Å². The summed E-state index contributed by atoms with van der Waals surface area (Å²) in [6.07, 6.45) is 0. The van der Waals surface area contributed by atoms with Crippen molar-refractivity contribution in [1.29, 1.82) is 0 Å². The molecule has 88 valence electrons. The monoisotopic (exact) mass is 231 g/mol. The lowest BCUT2D eigenvalue weighted by atomic mass is 10.2. The summed E-state index contributed by atoms with van der Waals surface area (Å²) in [6, 6.07) is 11.9. The molecule has 0 atom stereocenters. The van der Waals surface area contributed by atoms with Crippen LogP contribution in [0.4, 0.5) is 5.69 Å². The molecule has 0 saturated carbocycles. The minimum absolute atomic E-state index is 0.176. The van der Waals surface area contributed by atoms with E-state index in [4.69, 9.17) is 5.11 Å². The van der Waals surface area contributed by atoms with Crippen LogP contribution in [0.25, 0.3) is 0 Å². The Morgan fingerprint density at radius 1 is 0.882 bits per heavy atom. The van der Waals surface area contributed by atoms with Crippen molar-refractivity contribution in [2.45, 2.75) is 6.54 Å². The minimum atomic E-state index is -0.182. The number of rotatable bonds is 3. The van der Waals surface area contributed by atoms with Gasteiger partial charge < -0.3 is 20.6 Å². The molecule has 4 nitrogen and oxygen atoms in total. The average Bonchev–Trinajstić information content (AvgIpc) is 2.29. The average molecular weight is 231 g/mol. The summed E-state index contributed by atoms with van der Waals surface area (Å²) < 4.78 is 0. The Bertz CT molecular complexity index is 488. The van der Waals surface area contributed by atoms with Crippen LogP contribution in [0.15, 0.2) is 42.5 Å². The first-order valence-electron chi connectivity index (χ1n) is 5.19. The second-order valence-electron chi connectivity index (χ2n) is 3.70. The molecule has 0 saturated heterocycles. The number of hydrogen-bond donors (Lipinski definition) is 4. The summed E-state index contributed by atoms with van der Waals surface area (Å²) in [6.45, 7) is 0.479. The zero-order valence-electron chi connectivity index (χ0n) is 9.09. The highest BCUT2D eigenvalue weighted by Gasteiger charge is 2.08. The summed E-state index contributed by atoms with van der Waals surface area (Å²) in [5, 5.41) is 31.2. The first kappa shape index (κ1) is 11.1. The number of phenolic OH excluding ortho intramolecular Hbond substituents is 3. The molecule has 4 heteroatoms. The van der Waals surface area contributed by atoms with E-state index < -0.39 is 0 Å². The minimum Gasteiger partial charge on any atom is -0.508 e. The zero-order chi connectivity index (χ0) is 12.3. The van der Waals surface area contributed by atoms with Gasteiger partial charge in [-0.15, -0.1) is 0 Å². The molecule has 0 fully saturated rings. The van der Waals surface area contributed by atoms with Gasteiger partial charge in [0, 0.05) is 18.7 Å². The summed E-state index contributed by atoms with van der Waals surface area (Å²) in [7, 11) is 0. The van der Waals surface area contributed by atoms with Crippen LogP contribution in [-0.2, 0) is 6.54 Å². The van der Waals surface area contributed by atoms with Crippen molar-refractivity contribution in [2.75, 3.05) is 5.32 Å². The van der Waals surface area contributed by atoms with Crippen molar-refractivity contribution in [1.82, 2.24) is 0 Å². The molecule has 0 unspecified atom stereocenters. The second-order valence-corrected chi connectivity index (χ2v) is 3.70. The molecule has 0 aliphatic carbocycles. The van der Waals surface area contributed by atoms with Gasteiger partial charge in [-0.25, -0.2) is 0 Å². The van der Waals surface area contributed by atoms with Crippen LogP contribution in [0.2, 0.25) is 0 Å². The van der Waals surface area contributed by atoms with Crippen LogP contribution in [0.3, 0.4) is 0 Å². The molecule has 0 aromatic heterocycles. The van der Waals surface area contributed by atoms with Gasteiger partial charge in [-0.05, 0) is 5.56 Å². The largest absolute Gasteiger partial charge is 0.508 e. The van der Waals surface area contributed by atoms with Crippen LogP contribution in [-0.4, -0.2) is 15.3 Å². The van der Waals surface area contributed by atoms with Gasteiger partial charge in [-0.2, -0.15) is 0 Å². The van der Waals surface area contributed by atoms with Crippen LogP contribution in [0.5, 0.6) is 17.2 Å². The van der Waals surface area contributed by atoms with Gasteiger partial charge in [0.2, 0.25) is 0 Å². The van der Waals surface area contributed by atoms with Gasteiger partial charge in [0.25, 0.3) is 0 Å². The van der Waals surface area contributed by atoms with Crippen molar-refractivity contribution in [3.8, 4) is 17.2 Å². The van der Waals surface area contributed by atoms with Gasteiger partial charge in [-0.3, -0.25) is 0 Å². The smallest absolute Gasteiger partial charge is 0.146 e. The molecule has 0 aliphatic rings. The lowest BCUT2D eigenvalue weighted by molar-refractivity contribution is 0.430. The number of phenols is 3. The highest BCUT2D eigenvalue weighted by molar-refractivity contribution is 5.67. The molecule has 0 heterocycles. The third-order valence-corrected chi connectivity index (χ3v) is 2.39. The molecule has 0 aliphatic heterocycles. The molecule has 0 bridgehead atoms. The zero-order valence-corrected chi connectivity index (χ0v) is 9.09. The van der Waals surface area contributed by atoms with Crippen molar-refractivity contribution in [2.24, 2.45) is 0 Å². The summed E-state index contributed by atoms with van der Waals surface area (Å²) >= 11 is 0. The fraction of sp³-hybridized carbons (Fsp3) is 0.0769. The predicted octanol–water partition coefficient (Wildman–Crippen LogP) is 2.42. The van der Waals surface area contributed by atoms with Crippen molar-refractivity contribution in [3.05, 3.63) is 48.0 Å². The van der Waals surface area contributed by atoms with Crippen LogP contribution in [0, 0.1) is 0 Å². The van der Waals surface area contributed by atoms with E-state index in [2.05, 4.69) is 5.32 Å². The lowest BCUT2D eigenvalue weighted by Crippen LogP contribution is -1.99. The predicted molar refractivity (Wildman–Crippen MR) is 65.2 cm³/mol. The Balaban J connectivity index is 2.15. The van der Waals surface area contributed by atoms with E-state index in [1.807, 2.05) is 30.3 Å². The molecule has 17 heavy (non-hydrogen) atoms. The third-order valence-electron chi connectivity index (χ3n) is 2.39. The van der Waals surface area contributed by atoms with Gasteiger partial charge in [-0.1, -0.05) is 30.3 Å². The maximum absolute atomic E-state index is 9.57. The molecular weight excluding hydrogens is 218 g/mol. The quantitative estimate of drug-likeness (QED) is 0.483. The van der Waals surface area contributed by atoms with Gasteiger partial charge in [0.15, 0.2) is 0 Å².